The molecular weight excluding hydrogens is 312 g/mol. The minimum absolute atomic E-state index is 0.0152. The lowest BCUT2D eigenvalue weighted by Crippen LogP contribution is -2.25. The number of hydrogen-bond donors (Lipinski definition) is 1. The van der Waals surface area contributed by atoms with Gasteiger partial charge in [-0.25, -0.2) is 0 Å². The van der Waals surface area contributed by atoms with E-state index in [0.29, 0.717) is 5.92 Å². The summed E-state index contributed by atoms with van der Waals surface area (Å²) in [5.74, 6) is 0.327. The molecule has 3 heteroatoms. The Kier molecular flexibility index (Phi) is 3.90. The third-order valence-electron chi connectivity index (χ3n) is 4.27. The second-order valence-electron chi connectivity index (χ2n) is 5.57. The Hall–Kier alpha value is -1.19. The number of aryl methyl sites for hydroxylation is 2. The van der Waals surface area contributed by atoms with Gasteiger partial charge in [0.05, 0.1) is 0 Å². The van der Waals surface area contributed by atoms with Crippen LogP contribution in [0, 0.1) is 6.92 Å². The fourth-order valence-electron chi connectivity index (χ4n) is 3.18. The SMILES string of the molecule is Cc1ccc(Br)cc1C(N)C1CCCc2cccnc21. The molecule has 2 nitrogen and oxygen atoms in total. The molecule has 0 spiro atoms. The lowest BCUT2D eigenvalue weighted by atomic mass is 9.79. The van der Waals surface area contributed by atoms with E-state index in [2.05, 4.69) is 52.1 Å². The zero-order chi connectivity index (χ0) is 14.1. The highest BCUT2D eigenvalue weighted by atomic mass is 79.9. The molecular formula is C17H19BrN2. The van der Waals surface area contributed by atoms with Crippen molar-refractivity contribution in [2.24, 2.45) is 5.73 Å². The van der Waals surface area contributed by atoms with Crippen molar-refractivity contribution >= 4 is 15.9 Å². The zero-order valence-electron chi connectivity index (χ0n) is 11.6. The first kappa shape index (κ1) is 13.8. The van der Waals surface area contributed by atoms with Crippen LogP contribution in [0.3, 0.4) is 0 Å². The van der Waals surface area contributed by atoms with Crippen molar-refractivity contribution in [3.63, 3.8) is 0 Å². The number of hydrogen-bond acceptors (Lipinski definition) is 2. The molecule has 0 saturated carbocycles. The molecule has 1 aliphatic carbocycles. The Bertz CT molecular complexity index is 624. The molecule has 0 radical (unpaired) electrons. The van der Waals surface area contributed by atoms with Crippen molar-refractivity contribution < 1.29 is 0 Å². The van der Waals surface area contributed by atoms with Crippen molar-refractivity contribution in [2.75, 3.05) is 0 Å². The van der Waals surface area contributed by atoms with Gasteiger partial charge in [-0.3, -0.25) is 4.98 Å². The second-order valence-corrected chi connectivity index (χ2v) is 6.49. The molecule has 0 bridgehead atoms. The first-order chi connectivity index (χ1) is 9.66. The lowest BCUT2D eigenvalue weighted by Gasteiger charge is -2.30. The quantitative estimate of drug-likeness (QED) is 0.892. The van der Waals surface area contributed by atoms with Crippen LogP contribution in [0.1, 0.15) is 47.2 Å². The van der Waals surface area contributed by atoms with Gasteiger partial charge < -0.3 is 5.73 Å². The van der Waals surface area contributed by atoms with Gasteiger partial charge in [0.2, 0.25) is 0 Å². The van der Waals surface area contributed by atoms with Gasteiger partial charge in [0.1, 0.15) is 0 Å². The zero-order valence-corrected chi connectivity index (χ0v) is 13.2. The summed E-state index contributed by atoms with van der Waals surface area (Å²) in [6.07, 6.45) is 5.34. The molecule has 1 aromatic carbocycles. The van der Waals surface area contributed by atoms with E-state index >= 15 is 0 Å². The van der Waals surface area contributed by atoms with Crippen LogP contribution in [0.4, 0.5) is 0 Å². The molecule has 1 aromatic heterocycles. The highest BCUT2D eigenvalue weighted by Gasteiger charge is 2.28. The van der Waals surface area contributed by atoms with Crippen LogP contribution >= 0.6 is 15.9 Å². The first-order valence-electron chi connectivity index (χ1n) is 7.12. The summed E-state index contributed by atoms with van der Waals surface area (Å²) >= 11 is 3.55. The van der Waals surface area contributed by atoms with Crippen LogP contribution < -0.4 is 5.73 Å². The molecule has 104 valence electrons. The average Bonchev–Trinajstić information content (AvgIpc) is 2.48. The predicted molar refractivity (Wildman–Crippen MR) is 85.7 cm³/mol. The topological polar surface area (TPSA) is 38.9 Å². The van der Waals surface area contributed by atoms with Gasteiger partial charge in [0, 0.05) is 28.3 Å². The smallest absolute Gasteiger partial charge is 0.0485 e. The van der Waals surface area contributed by atoms with Gasteiger partial charge in [-0.05, 0) is 61.1 Å². The minimum Gasteiger partial charge on any atom is -0.323 e. The minimum atomic E-state index is 0.0152. The fraction of sp³-hybridized carbons (Fsp3) is 0.353. The van der Waals surface area contributed by atoms with E-state index in [0.717, 1.165) is 17.3 Å². The molecule has 0 amide bonds. The maximum Gasteiger partial charge on any atom is 0.0485 e. The van der Waals surface area contributed by atoms with Gasteiger partial charge >= 0.3 is 0 Å². The monoisotopic (exact) mass is 330 g/mol. The van der Waals surface area contributed by atoms with Crippen LogP contribution in [-0.4, -0.2) is 4.98 Å². The maximum absolute atomic E-state index is 6.59. The van der Waals surface area contributed by atoms with Gasteiger partial charge in [-0.2, -0.15) is 0 Å². The van der Waals surface area contributed by atoms with Gasteiger partial charge in [0.25, 0.3) is 0 Å². The van der Waals surface area contributed by atoms with Crippen LogP contribution in [0.15, 0.2) is 41.0 Å². The van der Waals surface area contributed by atoms with Gasteiger partial charge in [-0.15, -0.1) is 0 Å². The number of nitrogens with zero attached hydrogens (tertiary/aromatic N) is 1. The highest BCUT2D eigenvalue weighted by Crippen LogP contribution is 2.39. The Morgan fingerprint density at radius 2 is 2.20 bits per heavy atom. The summed E-state index contributed by atoms with van der Waals surface area (Å²) < 4.78 is 1.09. The molecule has 1 aliphatic rings. The Balaban J connectivity index is 1.99. The number of nitrogens with two attached hydrogens (primary N) is 1. The predicted octanol–water partition coefficient (Wildman–Crippen LogP) is 4.27. The molecule has 3 rings (SSSR count). The summed E-state index contributed by atoms with van der Waals surface area (Å²) in [7, 11) is 0. The van der Waals surface area contributed by atoms with Crippen molar-refractivity contribution in [1.29, 1.82) is 0 Å². The van der Waals surface area contributed by atoms with Crippen molar-refractivity contribution in [3.8, 4) is 0 Å². The largest absolute Gasteiger partial charge is 0.323 e. The van der Waals surface area contributed by atoms with Gasteiger partial charge in [-0.1, -0.05) is 28.1 Å². The van der Waals surface area contributed by atoms with Crippen LogP contribution in [0.5, 0.6) is 0 Å². The Morgan fingerprint density at radius 3 is 3.05 bits per heavy atom. The van der Waals surface area contributed by atoms with Gasteiger partial charge in [0.15, 0.2) is 0 Å². The third-order valence-corrected chi connectivity index (χ3v) is 4.77. The molecule has 0 fully saturated rings. The summed E-state index contributed by atoms with van der Waals surface area (Å²) in [6, 6.07) is 10.6. The summed E-state index contributed by atoms with van der Waals surface area (Å²) in [5.41, 5.74) is 11.6. The number of benzene rings is 1. The summed E-state index contributed by atoms with van der Waals surface area (Å²) in [4.78, 5) is 4.61. The molecule has 2 aromatic rings. The number of pyridine rings is 1. The number of halogens is 1. The Morgan fingerprint density at radius 1 is 1.35 bits per heavy atom. The molecule has 2 atom stereocenters. The van der Waals surface area contributed by atoms with Crippen LogP contribution in [-0.2, 0) is 6.42 Å². The van der Waals surface area contributed by atoms with Crippen molar-refractivity contribution in [1.82, 2.24) is 4.98 Å². The number of rotatable bonds is 2. The van der Waals surface area contributed by atoms with E-state index in [-0.39, 0.29) is 6.04 Å². The van der Waals surface area contributed by atoms with E-state index in [1.54, 1.807) is 0 Å². The molecule has 2 unspecified atom stereocenters. The van der Waals surface area contributed by atoms with E-state index < -0.39 is 0 Å². The average molecular weight is 331 g/mol. The normalized spacial score (nSPS) is 19.4. The Labute approximate surface area is 128 Å². The van der Waals surface area contributed by atoms with E-state index in [1.807, 2.05) is 12.3 Å². The van der Waals surface area contributed by atoms with Crippen LogP contribution in [0.2, 0.25) is 0 Å². The highest BCUT2D eigenvalue weighted by molar-refractivity contribution is 9.10. The van der Waals surface area contributed by atoms with E-state index in [1.165, 1.54) is 28.8 Å². The van der Waals surface area contributed by atoms with Crippen LogP contribution in [0.25, 0.3) is 0 Å². The lowest BCUT2D eigenvalue weighted by molar-refractivity contribution is 0.461. The fourth-order valence-corrected chi connectivity index (χ4v) is 3.56. The summed E-state index contributed by atoms with van der Waals surface area (Å²) in [5, 5.41) is 0. The molecule has 1 heterocycles. The van der Waals surface area contributed by atoms with E-state index in [9.17, 15) is 0 Å². The number of fused-ring (bicyclic) bond motifs is 1. The molecule has 0 aliphatic heterocycles. The maximum atomic E-state index is 6.59. The molecule has 2 N–H and O–H groups in total. The first-order valence-corrected chi connectivity index (χ1v) is 7.91. The number of aromatic nitrogens is 1. The standard InChI is InChI=1S/C17H19BrN2/c1-11-7-8-13(18)10-15(11)16(19)14-6-2-4-12-5-3-9-20-17(12)14/h3,5,7-10,14,16H,2,4,6,19H2,1H3. The molecule has 20 heavy (non-hydrogen) atoms. The molecule has 0 saturated heterocycles. The van der Waals surface area contributed by atoms with E-state index in [4.69, 9.17) is 5.73 Å². The third kappa shape index (κ3) is 2.52. The summed E-state index contributed by atoms with van der Waals surface area (Å²) in [6.45, 7) is 2.13. The van der Waals surface area contributed by atoms with Crippen molar-refractivity contribution in [2.45, 2.75) is 38.1 Å². The van der Waals surface area contributed by atoms with Crippen molar-refractivity contribution in [3.05, 3.63) is 63.4 Å². The second kappa shape index (κ2) is 5.66.